The summed E-state index contributed by atoms with van der Waals surface area (Å²) in [5.41, 5.74) is 1.20. The molecule has 1 saturated heterocycles. The van der Waals surface area contributed by atoms with Crippen LogP contribution in [0.15, 0.2) is 28.8 Å². The van der Waals surface area contributed by atoms with Crippen LogP contribution in [-0.2, 0) is 13.0 Å². The van der Waals surface area contributed by atoms with E-state index < -0.39 is 0 Å². The van der Waals surface area contributed by atoms with Gasteiger partial charge in [0.2, 0.25) is 5.89 Å². The van der Waals surface area contributed by atoms with Crippen molar-refractivity contribution in [3.63, 3.8) is 0 Å². The average Bonchev–Trinajstić information content (AvgIpc) is 3.12. The fraction of sp³-hybridized carbons (Fsp3) is 0.500. The van der Waals surface area contributed by atoms with Gasteiger partial charge in [0.1, 0.15) is 5.82 Å². The molecule has 0 amide bonds. The summed E-state index contributed by atoms with van der Waals surface area (Å²) in [4.78, 5) is 8.52. The number of likely N-dealkylation sites (tertiary alicyclic amines) is 1. The van der Waals surface area contributed by atoms with Crippen LogP contribution in [0, 0.1) is 11.7 Å². The Bertz CT molecular complexity index is 611. The van der Waals surface area contributed by atoms with Gasteiger partial charge in [-0.1, -0.05) is 12.1 Å². The highest BCUT2D eigenvalue weighted by atomic mass is 19.1. The third-order valence-corrected chi connectivity index (χ3v) is 4.02. The molecule has 0 radical (unpaired) electrons. The van der Waals surface area contributed by atoms with Crippen molar-refractivity contribution in [2.24, 2.45) is 5.92 Å². The van der Waals surface area contributed by atoms with E-state index in [4.69, 9.17) is 4.52 Å². The summed E-state index contributed by atoms with van der Waals surface area (Å²) in [5, 5.41) is 3.93. The first-order chi connectivity index (χ1) is 10.6. The fourth-order valence-electron chi connectivity index (χ4n) is 2.86. The minimum Gasteiger partial charge on any atom is -0.344 e. The van der Waals surface area contributed by atoms with Crippen LogP contribution in [0.5, 0.6) is 0 Å². The topological polar surface area (TPSA) is 45.4 Å². The highest BCUT2D eigenvalue weighted by molar-refractivity contribution is 5.23. The van der Waals surface area contributed by atoms with Gasteiger partial charge in [-0.05, 0) is 48.2 Å². The molecule has 2 heterocycles. The van der Waals surface area contributed by atoms with E-state index in [-0.39, 0.29) is 5.82 Å². The summed E-state index contributed by atoms with van der Waals surface area (Å²) in [5.74, 6) is 1.69. The maximum atomic E-state index is 12.9. The molecule has 22 heavy (non-hydrogen) atoms. The zero-order valence-corrected chi connectivity index (χ0v) is 13.0. The van der Waals surface area contributed by atoms with Crippen LogP contribution in [0.4, 0.5) is 10.3 Å². The number of anilines is 1. The molecule has 6 heteroatoms. The van der Waals surface area contributed by atoms with E-state index in [1.165, 1.54) is 17.7 Å². The Balaban J connectivity index is 1.52. The first kappa shape index (κ1) is 15.0. The van der Waals surface area contributed by atoms with Crippen LogP contribution in [0.1, 0.15) is 17.9 Å². The molecule has 118 valence electrons. The molecule has 0 aliphatic carbocycles. The van der Waals surface area contributed by atoms with Gasteiger partial charge in [0.15, 0.2) is 0 Å². The van der Waals surface area contributed by atoms with Gasteiger partial charge in [0.05, 0.1) is 6.54 Å². The first-order valence-electron chi connectivity index (χ1n) is 7.57. The van der Waals surface area contributed by atoms with Crippen molar-refractivity contribution in [3.8, 4) is 0 Å². The van der Waals surface area contributed by atoms with Gasteiger partial charge < -0.3 is 9.42 Å². The predicted octanol–water partition coefficient (Wildman–Crippen LogP) is 2.34. The van der Waals surface area contributed by atoms with E-state index in [1.807, 2.05) is 31.1 Å². The predicted molar refractivity (Wildman–Crippen MR) is 82.1 cm³/mol. The summed E-state index contributed by atoms with van der Waals surface area (Å²) < 4.78 is 18.2. The van der Waals surface area contributed by atoms with Crippen molar-refractivity contribution in [1.82, 2.24) is 15.0 Å². The van der Waals surface area contributed by atoms with Gasteiger partial charge in [0.25, 0.3) is 5.95 Å². The Kier molecular flexibility index (Phi) is 4.38. The molecule has 1 aromatic heterocycles. The Morgan fingerprint density at radius 3 is 2.77 bits per heavy atom. The Morgan fingerprint density at radius 1 is 1.32 bits per heavy atom. The molecule has 1 aromatic carbocycles. The zero-order valence-electron chi connectivity index (χ0n) is 13.0. The van der Waals surface area contributed by atoms with Gasteiger partial charge >= 0.3 is 0 Å². The lowest BCUT2D eigenvalue weighted by Crippen LogP contribution is -2.21. The van der Waals surface area contributed by atoms with Crippen molar-refractivity contribution >= 4 is 5.95 Å². The molecule has 3 rings (SSSR count). The minimum absolute atomic E-state index is 0.176. The number of nitrogens with zero attached hydrogens (tertiary/aromatic N) is 4. The molecule has 1 fully saturated rings. The molecule has 1 aliphatic heterocycles. The number of rotatable bonds is 5. The lowest BCUT2D eigenvalue weighted by atomic mass is 9.99. The molecule has 2 aromatic rings. The lowest BCUT2D eigenvalue weighted by Gasteiger charge is -2.13. The second-order valence-electron chi connectivity index (χ2n) is 6.10. The van der Waals surface area contributed by atoms with Crippen LogP contribution in [0.25, 0.3) is 0 Å². The largest absolute Gasteiger partial charge is 0.344 e. The van der Waals surface area contributed by atoms with Crippen LogP contribution < -0.4 is 4.90 Å². The highest BCUT2D eigenvalue weighted by Gasteiger charge is 2.24. The first-order valence-corrected chi connectivity index (χ1v) is 7.57. The van der Waals surface area contributed by atoms with E-state index in [2.05, 4.69) is 15.0 Å². The monoisotopic (exact) mass is 304 g/mol. The number of hydrogen-bond donors (Lipinski definition) is 0. The van der Waals surface area contributed by atoms with Gasteiger partial charge in [-0.3, -0.25) is 4.90 Å². The van der Waals surface area contributed by atoms with Crippen LogP contribution >= 0.6 is 0 Å². The number of aromatic nitrogens is 2. The number of hydrogen-bond acceptors (Lipinski definition) is 5. The SMILES string of the molecule is CN(C)c1noc(CN2CC[C@H](Cc3ccc(F)cc3)C2)n1. The summed E-state index contributed by atoms with van der Waals surface area (Å²) >= 11 is 0. The molecule has 5 nitrogen and oxygen atoms in total. The molecule has 1 aliphatic rings. The second-order valence-corrected chi connectivity index (χ2v) is 6.10. The van der Waals surface area contributed by atoms with E-state index in [9.17, 15) is 4.39 Å². The zero-order chi connectivity index (χ0) is 15.5. The third kappa shape index (κ3) is 3.62. The van der Waals surface area contributed by atoms with Gasteiger partial charge in [-0.15, -0.1) is 0 Å². The Morgan fingerprint density at radius 2 is 2.09 bits per heavy atom. The molecule has 0 saturated carbocycles. The van der Waals surface area contributed by atoms with Crippen molar-refractivity contribution in [2.75, 3.05) is 32.1 Å². The van der Waals surface area contributed by atoms with Gasteiger partial charge in [-0.2, -0.15) is 4.98 Å². The third-order valence-electron chi connectivity index (χ3n) is 4.02. The summed E-state index contributed by atoms with van der Waals surface area (Å²) in [6, 6.07) is 6.81. The van der Waals surface area contributed by atoms with Crippen molar-refractivity contribution in [1.29, 1.82) is 0 Å². The molecule has 1 atom stereocenters. The van der Waals surface area contributed by atoms with Crippen LogP contribution in [0.2, 0.25) is 0 Å². The summed E-state index contributed by atoms with van der Waals surface area (Å²) in [6.45, 7) is 2.74. The fourth-order valence-corrected chi connectivity index (χ4v) is 2.86. The Hall–Kier alpha value is -1.95. The molecule has 0 bridgehead atoms. The van der Waals surface area contributed by atoms with E-state index in [0.29, 0.717) is 24.3 Å². The summed E-state index contributed by atoms with van der Waals surface area (Å²) in [6.07, 6.45) is 2.13. The van der Waals surface area contributed by atoms with Crippen molar-refractivity contribution in [3.05, 3.63) is 41.5 Å². The normalized spacial score (nSPS) is 18.8. The van der Waals surface area contributed by atoms with Gasteiger partial charge in [-0.25, -0.2) is 4.39 Å². The van der Waals surface area contributed by atoms with Crippen molar-refractivity contribution < 1.29 is 8.91 Å². The van der Waals surface area contributed by atoms with Crippen LogP contribution in [0.3, 0.4) is 0 Å². The van der Waals surface area contributed by atoms with Crippen LogP contribution in [-0.4, -0.2) is 42.2 Å². The summed E-state index contributed by atoms with van der Waals surface area (Å²) in [7, 11) is 3.78. The molecular formula is C16H21FN4O. The highest BCUT2D eigenvalue weighted by Crippen LogP contribution is 2.22. The number of halogens is 1. The molecule has 0 spiro atoms. The standard InChI is InChI=1S/C16H21FN4O/c1-20(2)16-18-15(22-19-16)11-21-8-7-13(10-21)9-12-3-5-14(17)6-4-12/h3-6,13H,7-11H2,1-2H3/t13-/m1/s1. The number of benzene rings is 1. The Labute approximate surface area is 129 Å². The van der Waals surface area contributed by atoms with Gasteiger partial charge in [0, 0.05) is 20.6 Å². The lowest BCUT2D eigenvalue weighted by molar-refractivity contribution is 0.260. The second kappa shape index (κ2) is 6.44. The minimum atomic E-state index is -0.176. The van der Waals surface area contributed by atoms with E-state index >= 15 is 0 Å². The maximum Gasteiger partial charge on any atom is 0.265 e. The average molecular weight is 304 g/mol. The molecule has 0 unspecified atom stereocenters. The smallest absolute Gasteiger partial charge is 0.265 e. The molecular weight excluding hydrogens is 283 g/mol. The van der Waals surface area contributed by atoms with E-state index in [0.717, 1.165) is 25.9 Å². The molecule has 0 N–H and O–H groups in total. The quantitative estimate of drug-likeness (QED) is 0.848. The van der Waals surface area contributed by atoms with Crippen molar-refractivity contribution in [2.45, 2.75) is 19.4 Å². The van der Waals surface area contributed by atoms with E-state index in [1.54, 1.807) is 0 Å². The maximum absolute atomic E-state index is 12.9.